The van der Waals surface area contributed by atoms with Gasteiger partial charge >= 0.3 is 0 Å². The SMILES string of the molecule is Cc1cc(C)n(CCCNC(=O)[C@H]2CCCN2)n1. The van der Waals surface area contributed by atoms with E-state index in [-0.39, 0.29) is 11.9 Å². The maximum absolute atomic E-state index is 11.7. The van der Waals surface area contributed by atoms with Gasteiger partial charge in [-0.1, -0.05) is 0 Å². The van der Waals surface area contributed by atoms with Crippen LogP contribution in [0.25, 0.3) is 0 Å². The summed E-state index contributed by atoms with van der Waals surface area (Å²) < 4.78 is 2.00. The highest BCUT2D eigenvalue weighted by Gasteiger charge is 2.21. The topological polar surface area (TPSA) is 59.0 Å². The summed E-state index contributed by atoms with van der Waals surface area (Å²) in [5, 5.41) is 10.6. The zero-order valence-electron chi connectivity index (χ0n) is 11.2. The minimum atomic E-state index is 0.0266. The molecular formula is C13H22N4O. The molecular weight excluding hydrogens is 228 g/mol. The Labute approximate surface area is 108 Å². The van der Waals surface area contributed by atoms with Crippen LogP contribution >= 0.6 is 0 Å². The molecule has 1 aliphatic heterocycles. The predicted molar refractivity (Wildman–Crippen MR) is 70.4 cm³/mol. The van der Waals surface area contributed by atoms with Crippen molar-refractivity contribution in [2.24, 2.45) is 0 Å². The molecule has 5 heteroatoms. The average molecular weight is 250 g/mol. The summed E-state index contributed by atoms with van der Waals surface area (Å²) in [5.41, 5.74) is 2.22. The Hall–Kier alpha value is -1.36. The molecule has 18 heavy (non-hydrogen) atoms. The van der Waals surface area contributed by atoms with Gasteiger partial charge in [-0.25, -0.2) is 0 Å². The fraction of sp³-hybridized carbons (Fsp3) is 0.692. The number of hydrogen-bond donors (Lipinski definition) is 2. The van der Waals surface area contributed by atoms with Gasteiger partial charge in [-0.2, -0.15) is 5.10 Å². The minimum Gasteiger partial charge on any atom is -0.355 e. The van der Waals surface area contributed by atoms with Gasteiger partial charge in [0.1, 0.15) is 0 Å². The predicted octanol–water partition coefficient (Wildman–Crippen LogP) is 0.758. The average Bonchev–Trinajstić information content (AvgIpc) is 2.94. The molecule has 1 fully saturated rings. The smallest absolute Gasteiger partial charge is 0.237 e. The summed E-state index contributed by atoms with van der Waals surface area (Å²) in [4.78, 5) is 11.7. The molecule has 5 nitrogen and oxygen atoms in total. The number of rotatable bonds is 5. The van der Waals surface area contributed by atoms with Gasteiger partial charge in [0.05, 0.1) is 11.7 Å². The number of aromatic nitrogens is 2. The quantitative estimate of drug-likeness (QED) is 0.758. The molecule has 0 unspecified atom stereocenters. The second-order valence-corrected chi connectivity index (χ2v) is 4.94. The largest absolute Gasteiger partial charge is 0.355 e. The number of nitrogens with zero attached hydrogens (tertiary/aromatic N) is 2. The van der Waals surface area contributed by atoms with Crippen molar-refractivity contribution in [1.29, 1.82) is 0 Å². The maximum atomic E-state index is 11.7. The first-order valence-electron chi connectivity index (χ1n) is 6.69. The molecule has 0 aromatic carbocycles. The molecule has 0 aliphatic carbocycles. The number of carbonyl (C=O) groups is 1. The summed E-state index contributed by atoms with van der Waals surface area (Å²) in [6.45, 7) is 6.59. The number of aryl methyl sites for hydroxylation is 3. The molecule has 1 aliphatic rings. The molecule has 0 spiro atoms. The second-order valence-electron chi connectivity index (χ2n) is 4.94. The summed E-state index contributed by atoms with van der Waals surface area (Å²) in [6, 6.07) is 2.10. The van der Waals surface area contributed by atoms with Crippen LogP contribution in [-0.2, 0) is 11.3 Å². The summed E-state index contributed by atoms with van der Waals surface area (Å²) >= 11 is 0. The summed E-state index contributed by atoms with van der Waals surface area (Å²) in [5.74, 6) is 0.140. The Morgan fingerprint density at radius 3 is 3.06 bits per heavy atom. The lowest BCUT2D eigenvalue weighted by Crippen LogP contribution is -2.40. The van der Waals surface area contributed by atoms with Crippen LogP contribution in [0, 0.1) is 13.8 Å². The first kappa shape index (κ1) is 13.1. The summed E-state index contributed by atoms with van der Waals surface area (Å²) in [7, 11) is 0. The molecule has 100 valence electrons. The van der Waals surface area contributed by atoms with Crippen LogP contribution in [0.5, 0.6) is 0 Å². The Morgan fingerprint density at radius 2 is 2.44 bits per heavy atom. The Morgan fingerprint density at radius 1 is 1.61 bits per heavy atom. The standard InChI is InChI=1S/C13H22N4O/c1-10-9-11(2)17(16-10)8-4-7-15-13(18)12-5-3-6-14-12/h9,12,14H,3-8H2,1-2H3,(H,15,18)/t12-/m1/s1. The van der Waals surface area contributed by atoms with Crippen molar-refractivity contribution in [2.75, 3.05) is 13.1 Å². The van der Waals surface area contributed by atoms with E-state index in [1.807, 2.05) is 11.6 Å². The first-order chi connectivity index (χ1) is 8.66. The molecule has 0 saturated carbocycles. The molecule has 1 aromatic rings. The molecule has 1 aromatic heterocycles. The zero-order valence-corrected chi connectivity index (χ0v) is 11.2. The third kappa shape index (κ3) is 3.32. The van der Waals surface area contributed by atoms with E-state index in [0.717, 1.165) is 44.6 Å². The Kier molecular flexibility index (Phi) is 4.36. The van der Waals surface area contributed by atoms with Gasteiger partial charge in [0.15, 0.2) is 0 Å². The maximum Gasteiger partial charge on any atom is 0.237 e. The van der Waals surface area contributed by atoms with Gasteiger partial charge in [0.2, 0.25) is 5.91 Å². The van der Waals surface area contributed by atoms with Gasteiger partial charge in [-0.15, -0.1) is 0 Å². The monoisotopic (exact) mass is 250 g/mol. The van der Waals surface area contributed by atoms with Crippen molar-refractivity contribution < 1.29 is 4.79 Å². The van der Waals surface area contributed by atoms with Crippen LogP contribution in [0.3, 0.4) is 0 Å². The van der Waals surface area contributed by atoms with E-state index >= 15 is 0 Å². The Balaban J connectivity index is 1.66. The second kappa shape index (κ2) is 6.00. The van der Waals surface area contributed by atoms with Crippen molar-refractivity contribution in [2.45, 2.75) is 45.7 Å². The van der Waals surface area contributed by atoms with Crippen LogP contribution < -0.4 is 10.6 Å². The van der Waals surface area contributed by atoms with Crippen LogP contribution in [0.1, 0.15) is 30.7 Å². The van der Waals surface area contributed by atoms with Crippen molar-refractivity contribution in [3.8, 4) is 0 Å². The minimum absolute atomic E-state index is 0.0266. The van der Waals surface area contributed by atoms with E-state index in [1.165, 1.54) is 5.69 Å². The van der Waals surface area contributed by atoms with Crippen LogP contribution in [0.4, 0.5) is 0 Å². The lowest BCUT2D eigenvalue weighted by molar-refractivity contribution is -0.122. The van der Waals surface area contributed by atoms with E-state index in [2.05, 4.69) is 28.7 Å². The molecule has 2 heterocycles. The molecule has 0 bridgehead atoms. The third-order valence-corrected chi connectivity index (χ3v) is 3.33. The van der Waals surface area contributed by atoms with E-state index in [9.17, 15) is 4.79 Å². The first-order valence-corrected chi connectivity index (χ1v) is 6.69. The molecule has 2 N–H and O–H groups in total. The number of carbonyl (C=O) groups excluding carboxylic acids is 1. The van der Waals surface area contributed by atoms with Crippen LogP contribution in [-0.4, -0.2) is 34.8 Å². The van der Waals surface area contributed by atoms with Crippen LogP contribution in [0.2, 0.25) is 0 Å². The fourth-order valence-electron chi connectivity index (χ4n) is 2.37. The highest BCUT2D eigenvalue weighted by molar-refractivity contribution is 5.81. The van der Waals surface area contributed by atoms with Crippen molar-refractivity contribution in [3.63, 3.8) is 0 Å². The zero-order chi connectivity index (χ0) is 13.0. The lowest BCUT2D eigenvalue weighted by Gasteiger charge is -2.11. The Bertz CT molecular complexity index is 407. The molecule has 1 saturated heterocycles. The molecule has 2 rings (SSSR count). The highest BCUT2D eigenvalue weighted by Crippen LogP contribution is 2.05. The lowest BCUT2D eigenvalue weighted by atomic mass is 10.2. The van der Waals surface area contributed by atoms with Gasteiger partial charge in [-0.3, -0.25) is 9.48 Å². The number of nitrogens with one attached hydrogen (secondary N) is 2. The van der Waals surface area contributed by atoms with Crippen molar-refractivity contribution in [1.82, 2.24) is 20.4 Å². The highest BCUT2D eigenvalue weighted by atomic mass is 16.2. The normalized spacial score (nSPS) is 19.1. The van der Waals surface area contributed by atoms with Crippen molar-refractivity contribution in [3.05, 3.63) is 17.5 Å². The molecule has 1 atom stereocenters. The van der Waals surface area contributed by atoms with E-state index < -0.39 is 0 Å². The number of amides is 1. The fourth-order valence-corrected chi connectivity index (χ4v) is 2.37. The van der Waals surface area contributed by atoms with Crippen LogP contribution in [0.15, 0.2) is 6.07 Å². The van der Waals surface area contributed by atoms with E-state index in [0.29, 0.717) is 0 Å². The van der Waals surface area contributed by atoms with Crippen molar-refractivity contribution >= 4 is 5.91 Å². The number of hydrogen-bond acceptors (Lipinski definition) is 3. The van der Waals surface area contributed by atoms with Gasteiger partial charge in [0, 0.05) is 18.8 Å². The molecule has 1 amide bonds. The molecule has 0 radical (unpaired) electrons. The van der Waals surface area contributed by atoms with E-state index in [1.54, 1.807) is 0 Å². The van der Waals surface area contributed by atoms with Gasteiger partial charge in [0.25, 0.3) is 0 Å². The third-order valence-electron chi connectivity index (χ3n) is 3.33. The van der Waals surface area contributed by atoms with Gasteiger partial charge < -0.3 is 10.6 Å². The van der Waals surface area contributed by atoms with E-state index in [4.69, 9.17) is 0 Å². The summed E-state index contributed by atoms with van der Waals surface area (Å²) in [6.07, 6.45) is 2.98. The van der Waals surface area contributed by atoms with Gasteiger partial charge in [-0.05, 0) is 45.7 Å².